The SMILES string of the molecule is COC1(C2CCCC(OP(=O)([O-])[O-])C2)OOC1(C(C)C)C(C)C.[Na+].[Na+]. The van der Waals surface area contributed by atoms with Crippen LogP contribution in [0.15, 0.2) is 0 Å². The molecule has 2 aliphatic rings. The molecule has 7 nitrogen and oxygen atoms in total. The normalized spacial score (nSPS) is 31.9. The third-order valence-electron chi connectivity index (χ3n) is 5.31. The van der Waals surface area contributed by atoms with E-state index in [9.17, 15) is 14.4 Å². The molecule has 2 rings (SSSR count). The summed E-state index contributed by atoms with van der Waals surface area (Å²) in [5, 5.41) is 0. The maximum absolute atomic E-state index is 10.9. The van der Waals surface area contributed by atoms with Gasteiger partial charge in [-0.05, 0) is 31.1 Å². The standard InChI is InChI=1S/C15H29O7P.2Na/c1-10(2)14(11(3)4)15(19-5,22-21-14)12-7-6-8-13(9-12)20-23(16,17)18;;/h10-13H,6-9H2,1-5H3,(H2,16,17,18);;/q;2*+1/p-2. The van der Waals surface area contributed by atoms with Crippen LogP contribution in [0.25, 0.3) is 0 Å². The first-order valence-corrected chi connectivity index (χ1v) is 9.67. The van der Waals surface area contributed by atoms with E-state index in [-0.39, 0.29) is 76.9 Å². The van der Waals surface area contributed by atoms with E-state index in [4.69, 9.17) is 19.0 Å². The third kappa shape index (κ3) is 5.13. The molecule has 1 aliphatic carbocycles. The molecule has 3 atom stereocenters. The van der Waals surface area contributed by atoms with Gasteiger partial charge in [0, 0.05) is 13.0 Å². The van der Waals surface area contributed by atoms with Crippen molar-refractivity contribution in [3.8, 4) is 0 Å². The van der Waals surface area contributed by atoms with Gasteiger partial charge in [0.1, 0.15) is 0 Å². The largest absolute Gasteiger partial charge is 1.00 e. The number of phosphoric acid groups is 1. The molecule has 1 saturated heterocycles. The number of hydrogen-bond acceptors (Lipinski definition) is 7. The summed E-state index contributed by atoms with van der Waals surface area (Å²) >= 11 is 0. The Morgan fingerprint density at radius 3 is 2.00 bits per heavy atom. The molecular weight excluding hydrogens is 369 g/mol. The fraction of sp³-hybridized carbons (Fsp3) is 1.00. The van der Waals surface area contributed by atoms with Crippen LogP contribution in [-0.2, 0) is 23.6 Å². The fourth-order valence-corrected chi connectivity index (χ4v) is 4.96. The molecule has 10 heteroatoms. The molecule has 0 amide bonds. The molecule has 1 aliphatic heterocycles. The Hall–Kier alpha value is 1.99. The van der Waals surface area contributed by atoms with Gasteiger partial charge in [-0.3, -0.25) is 0 Å². The second kappa shape index (κ2) is 10.1. The molecule has 25 heavy (non-hydrogen) atoms. The molecular formula is C15H27Na2O7P. The van der Waals surface area contributed by atoms with Gasteiger partial charge in [0.05, 0.1) is 13.9 Å². The number of methoxy groups -OCH3 is 1. The van der Waals surface area contributed by atoms with Crippen LogP contribution in [0.1, 0.15) is 53.4 Å². The monoisotopic (exact) mass is 396 g/mol. The van der Waals surface area contributed by atoms with Crippen LogP contribution in [-0.4, -0.2) is 24.6 Å². The molecule has 1 saturated carbocycles. The Kier molecular flexibility index (Phi) is 11.0. The van der Waals surface area contributed by atoms with E-state index < -0.39 is 25.3 Å². The van der Waals surface area contributed by atoms with Gasteiger partial charge in [-0.25, -0.2) is 4.89 Å². The van der Waals surface area contributed by atoms with Crippen LogP contribution < -0.4 is 68.9 Å². The van der Waals surface area contributed by atoms with Gasteiger partial charge >= 0.3 is 59.1 Å². The van der Waals surface area contributed by atoms with E-state index in [1.807, 2.05) is 0 Å². The summed E-state index contributed by atoms with van der Waals surface area (Å²) in [5.41, 5.74) is -0.618. The van der Waals surface area contributed by atoms with E-state index in [0.29, 0.717) is 12.8 Å². The summed E-state index contributed by atoms with van der Waals surface area (Å²) in [6, 6.07) is 0. The Bertz CT molecular complexity index is 459. The molecule has 136 valence electrons. The summed E-state index contributed by atoms with van der Waals surface area (Å²) in [5.74, 6) is -0.769. The Morgan fingerprint density at radius 2 is 1.64 bits per heavy atom. The maximum atomic E-state index is 10.9. The predicted octanol–water partition coefficient (Wildman–Crippen LogP) is -4.25. The predicted molar refractivity (Wildman–Crippen MR) is 78.8 cm³/mol. The van der Waals surface area contributed by atoms with Gasteiger partial charge < -0.3 is 23.6 Å². The van der Waals surface area contributed by atoms with E-state index in [2.05, 4.69) is 27.7 Å². The van der Waals surface area contributed by atoms with E-state index in [1.54, 1.807) is 7.11 Å². The fourth-order valence-electron chi connectivity index (χ4n) is 4.40. The minimum Gasteiger partial charge on any atom is -0.790 e. The molecule has 0 aromatic carbocycles. The average Bonchev–Trinajstić information content (AvgIpc) is 2.36. The second-order valence-corrected chi connectivity index (χ2v) is 8.28. The van der Waals surface area contributed by atoms with Gasteiger partial charge in [0.2, 0.25) is 5.79 Å². The van der Waals surface area contributed by atoms with E-state index >= 15 is 0 Å². The minimum absolute atomic E-state index is 0. The van der Waals surface area contributed by atoms with Crippen molar-refractivity contribution in [3.63, 3.8) is 0 Å². The van der Waals surface area contributed by atoms with Crippen molar-refractivity contribution in [2.75, 3.05) is 7.11 Å². The van der Waals surface area contributed by atoms with Crippen molar-refractivity contribution in [1.82, 2.24) is 0 Å². The first kappa shape index (κ1) is 27.0. The summed E-state index contributed by atoms with van der Waals surface area (Å²) in [6.07, 6.45) is 1.87. The zero-order valence-corrected chi connectivity index (χ0v) is 21.3. The first-order valence-electron chi connectivity index (χ1n) is 8.21. The molecule has 2 fully saturated rings. The molecule has 1 heterocycles. The first-order chi connectivity index (χ1) is 10.6. The quantitative estimate of drug-likeness (QED) is 0.255. The zero-order valence-electron chi connectivity index (χ0n) is 16.4. The van der Waals surface area contributed by atoms with Crippen molar-refractivity contribution < 1.29 is 92.5 Å². The van der Waals surface area contributed by atoms with Crippen molar-refractivity contribution >= 4 is 7.82 Å². The Labute approximate surface area is 194 Å². The van der Waals surface area contributed by atoms with Crippen LogP contribution in [0, 0.1) is 17.8 Å². The number of rotatable bonds is 6. The van der Waals surface area contributed by atoms with Crippen molar-refractivity contribution in [2.45, 2.75) is 70.9 Å². The molecule has 0 N–H and O–H groups in total. The van der Waals surface area contributed by atoms with Gasteiger partial charge in [0.15, 0.2) is 5.60 Å². The molecule has 0 spiro atoms. The number of ether oxygens (including phenoxy) is 1. The zero-order chi connectivity index (χ0) is 17.5. The second-order valence-electron chi connectivity index (χ2n) is 7.18. The van der Waals surface area contributed by atoms with Crippen molar-refractivity contribution in [2.24, 2.45) is 17.8 Å². The van der Waals surface area contributed by atoms with Crippen LogP contribution in [0.2, 0.25) is 0 Å². The third-order valence-corrected chi connectivity index (χ3v) is 5.86. The van der Waals surface area contributed by atoms with Gasteiger partial charge in [0.25, 0.3) is 0 Å². The summed E-state index contributed by atoms with van der Waals surface area (Å²) in [4.78, 5) is 32.9. The van der Waals surface area contributed by atoms with Crippen molar-refractivity contribution in [1.29, 1.82) is 0 Å². The molecule has 0 aromatic rings. The van der Waals surface area contributed by atoms with Gasteiger partial charge in [-0.1, -0.05) is 34.1 Å². The van der Waals surface area contributed by atoms with E-state index in [0.717, 1.165) is 12.8 Å². The van der Waals surface area contributed by atoms with Crippen molar-refractivity contribution in [3.05, 3.63) is 0 Å². The minimum atomic E-state index is -5.00. The molecule has 3 unspecified atom stereocenters. The smallest absolute Gasteiger partial charge is 0.790 e. The summed E-state index contributed by atoms with van der Waals surface area (Å²) < 4.78 is 21.4. The maximum Gasteiger partial charge on any atom is 1.00 e. The topological polar surface area (TPSA) is 100 Å². The summed E-state index contributed by atoms with van der Waals surface area (Å²) in [6.45, 7) is 8.21. The number of hydrogen-bond donors (Lipinski definition) is 0. The van der Waals surface area contributed by atoms with Crippen LogP contribution in [0.5, 0.6) is 0 Å². The van der Waals surface area contributed by atoms with Crippen LogP contribution in [0.3, 0.4) is 0 Å². The summed E-state index contributed by atoms with van der Waals surface area (Å²) in [7, 11) is -3.41. The number of phosphoric ester groups is 1. The van der Waals surface area contributed by atoms with Crippen LogP contribution >= 0.6 is 7.82 Å². The average molecular weight is 396 g/mol. The van der Waals surface area contributed by atoms with Crippen LogP contribution in [0.4, 0.5) is 0 Å². The van der Waals surface area contributed by atoms with Gasteiger partial charge in [-0.2, -0.15) is 4.89 Å². The molecule has 0 aromatic heterocycles. The Balaban J connectivity index is 0.00000288. The molecule has 0 radical (unpaired) electrons. The van der Waals surface area contributed by atoms with Gasteiger partial charge in [-0.15, -0.1) is 0 Å². The van der Waals surface area contributed by atoms with E-state index in [1.165, 1.54) is 0 Å². The molecule has 0 bridgehead atoms. The Morgan fingerprint density at radius 1 is 1.08 bits per heavy atom.